The van der Waals surface area contributed by atoms with Crippen LogP contribution in [-0.4, -0.2) is 51.8 Å². The van der Waals surface area contributed by atoms with Crippen molar-refractivity contribution in [2.75, 3.05) is 31.6 Å². The Hall–Kier alpha value is -2.72. The number of fused-ring (bicyclic) bond motifs is 2. The smallest absolute Gasteiger partial charge is 0.265 e. The number of benzene rings is 2. The summed E-state index contributed by atoms with van der Waals surface area (Å²) < 4.78 is 8.26. The van der Waals surface area contributed by atoms with E-state index in [4.69, 9.17) is 16.3 Å². The first-order valence-electron chi connectivity index (χ1n) is 9.50. The summed E-state index contributed by atoms with van der Waals surface area (Å²) >= 11 is 7.58. The molecule has 8 nitrogen and oxygen atoms in total. The lowest BCUT2D eigenvalue weighted by atomic mass is 10.2. The van der Waals surface area contributed by atoms with E-state index in [1.165, 1.54) is 11.3 Å². The van der Waals surface area contributed by atoms with E-state index in [1.807, 2.05) is 47.0 Å². The van der Waals surface area contributed by atoms with E-state index in [0.29, 0.717) is 42.8 Å². The van der Waals surface area contributed by atoms with Gasteiger partial charge in [0.05, 0.1) is 34.5 Å². The number of thiazole rings is 1. The average Bonchev–Trinajstić information content (AvgIpc) is 3.28. The maximum absolute atomic E-state index is 12.6. The minimum Gasteiger partial charge on any atom is -0.379 e. The molecule has 3 heterocycles. The predicted octanol–water partition coefficient (Wildman–Crippen LogP) is 3.56. The number of aryl methyl sites for hydroxylation is 1. The van der Waals surface area contributed by atoms with E-state index < -0.39 is 0 Å². The van der Waals surface area contributed by atoms with E-state index >= 15 is 0 Å². The molecule has 0 bridgehead atoms. The summed E-state index contributed by atoms with van der Waals surface area (Å²) in [6.07, 6.45) is 0. The number of hydrazine groups is 1. The molecule has 30 heavy (non-hydrogen) atoms. The molecular weight excluding hydrogens is 424 g/mol. The van der Waals surface area contributed by atoms with Gasteiger partial charge in [-0.3, -0.25) is 10.2 Å². The molecule has 2 aromatic carbocycles. The normalized spacial score (nSPS) is 15.0. The first-order valence-corrected chi connectivity index (χ1v) is 10.7. The van der Waals surface area contributed by atoms with Crippen molar-refractivity contribution < 1.29 is 9.53 Å². The van der Waals surface area contributed by atoms with Crippen LogP contribution in [0.25, 0.3) is 21.3 Å². The van der Waals surface area contributed by atoms with Gasteiger partial charge in [-0.2, -0.15) is 0 Å². The molecule has 10 heteroatoms. The molecule has 1 aliphatic heterocycles. The molecule has 0 saturated carbocycles. The maximum atomic E-state index is 12.6. The minimum atomic E-state index is -0.151. The van der Waals surface area contributed by atoms with Gasteiger partial charge in [0.25, 0.3) is 5.91 Å². The van der Waals surface area contributed by atoms with E-state index in [0.717, 1.165) is 26.4 Å². The van der Waals surface area contributed by atoms with Gasteiger partial charge in [-0.25, -0.2) is 15.0 Å². The number of carbonyl (C=O) groups excluding carboxylic acids is 1. The van der Waals surface area contributed by atoms with Gasteiger partial charge in [0.1, 0.15) is 0 Å². The molecule has 0 radical (unpaired) electrons. The van der Waals surface area contributed by atoms with Crippen molar-refractivity contribution in [3.05, 3.63) is 47.0 Å². The fourth-order valence-corrected chi connectivity index (χ4v) is 4.52. The molecule has 1 saturated heterocycles. The molecule has 154 valence electrons. The molecule has 2 N–H and O–H groups in total. The molecule has 0 spiro atoms. The van der Waals surface area contributed by atoms with Crippen LogP contribution in [0.5, 0.6) is 0 Å². The van der Waals surface area contributed by atoms with Crippen LogP contribution in [0.1, 0.15) is 10.4 Å². The molecule has 2 aromatic heterocycles. The Morgan fingerprint density at radius 1 is 1.13 bits per heavy atom. The summed E-state index contributed by atoms with van der Waals surface area (Å²) in [4.78, 5) is 21.9. The Morgan fingerprint density at radius 3 is 2.80 bits per heavy atom. The molecule has 1 aliphatic rings. The lowest BCUT2D eigenvalue weighted by Crippen LogP contribution is -2.48. The van der Waals surface area contributed by atoms with E-state index in [9.17, 15) is 4.79 Å². The summed E-state index contributed by atoms with van der Waals surface area (Å²) in [6.45, 7) is 2.59. The number of imidazole rings is 1. The SMILES string of the molecule is Cn1c(Nc2nc3ccc(Cl)cc3s2)nc2cc(C(=O)NN3CCOCC3)ccc21. The van der Waals surface area contributed by atoms with Crippen molar-refractivity contribution in [1.82, 2.24) is 25.0 Å². The number of halogens is 1. The third-order valence-corrected chi connectivity index (χ3v) is 6.15. The van der Waals surface area contributed by atoms with Crippen molar-refractivity contribution in [2.24, 2.45) is 7.05 Å². The van der Waals surface area contributed by atoms with Gasteiger partial charge in [-0.05, 0) is 36.4 Å². The van der Waals surface area contributed by atoms with Gasteiger partial charge in [0.15, 0.2) is 5.13 Å². The lowest BCUT2D eigenvalue weighted by molar-refractivity contribution is 0.0126. The third-order valence-electron chi connectivity index (χ3n) is 4.98. The maximum Gasteiger partial charge on any atom is 0.265 e. The summed E-state index contributed by atoms with van der Waals surface area (Å²) in [7, 11) is 1.93. The van der Waals surface area contributed by atoms with Crippen LogP contribution in [0.2, 0.25) is 5.02 Å². The van der Waals surface area contributed by atoms with Crippen LogP contribution in [0.15, 0.2) is 36.4 Å². The van der Waals surface area contributed by atoms with Gasteiger partial charge >= 0.3 is 0 Å². The number of anilines is 2. The molecule has 1 fully saturated rings. The van der Waals surface area contributed by atoms with Gasteiger partial charge in [-0.15, -0.1) is 0 Å². The zero-order valence-electron chi connectivity index (χ0n) is 16.2. The molecule has 4 aromatic rings. The lowest BCUT2D eigenvalue weighted by Gasteiger charge is -2.26. The number of amides is 1. The van der Waals surface area contributed by atoms with E-state index in [2.05, 4.69) is 20.7 Å². The van der Waals surface area contributed by atoms with Gasteiger partial charge in [-0.1, -0.05) is 22.9 Å². The second-order valence-electron chi connectivity index (χ2n) is 6.99. The number of carbonyl (C=O) groups is 1. The largest absolute Gasteiger partial charge is 0.379 e. The highest BCUT2D eigenvalue weighted by atomic mass is 35.5. The van der Waals surface area contributed by atoms with Crippen LogP contribution < -0.4 is 10.7 Å². The standard InChI is InChI=1S/C20H19ClN6O2S/c1-26-16-5-2-12(18(28)25-27-6-8-29-9-7-27)10-15(16)22-19(26)24-20-23-14-4-3-13(21)11-17(14)30-20/h2-5,10-11H,6-9H2,1H3,(H,25,28)(H,22,23,24). The first kappa shape index (κ1) is 19.3. The molecule has 0 atom stereocenters. The van der Waals surface area contributed by atoms with E-state index in [-0.39, 0.29) is 5.91 Å². The van der Waals surface area contributed by atoms with Crippen molar-refractivity contribution in [1.29, 1.82) is 0 Å². The van der Waals surface area contributed by atoms with E-state index in [1.54, 1.807) is 6.07 Å². The summed E-state index contributed by atoms with van der Waals surface area (Å²) in [6, 6.07) is 11.1. The second-order valence-corrected chi connectivity index (χ2v) is 8.46. The zero-order chi connectivity index (χ0) is 20.7. The number of rotatable bonds is 4. The third kappa shape index (κ3) is 3.72. The zero-order valence-corrected chi connectivity index (χ0v) is 17.8. The molecule has 5 rings (SSSR count). The minimum absolute atomic E-state index is 0.151. The average molecular weight is 443 g/mol. The number of aromatic nitrogens is 3. The fourth-order valence-electron chi connectivity index (χ4n) is 3.38. The first-order chi connectivity index (χ1) is 14.6. The Morgan fingerprint density at radius 2 is 1.97 bits per heavy atom. The van der Waals surface area contributed by atoms with Crippen molar-refractivity contribution in [3.63, 3.8) is 0 Å². The van der Waals surface area contributed by atoms with Crippen LogP contribution in [-0.2, 0) is 11.8 Å². The molecule has 0 unspecified atom stereocenters. The highest BCUT2D eigenvalue weighted by molar-refractivity contribution is 7.22. The number of morpholine rings is 1. The monoisotopic (exact) mass is 442 g/mol. The Balaban J connectivity index is 1.39. The Labute approximate surface area is 181 Å². The number of hydrogen-bond acceptors (Lipinski definition) is 7. The number of nitrogens with zero attached hydrogens (tertiary/aromatic N) is 4. The number of nitrogens with one attached hydrogen (secondary N) is 2. The summed E-state index contributed by atoms with van der Waals surface area (Å²) in [5, 5.41) is 6.57. The van der Waals surface area contributed by atoms with Crippen LogP contribution in [0.4, 0.5) is 11.1 Å². The van der Waals surface area contributed by atoms with Crippen molar-refractivity contribution in [2.45, 2.75) is 0 Å². The highest BCUT2D eigenvalue weighted by Gasteiger charge is 2.16. The molecule has 1 amide bonds. The Kier molecular flexibility index (Phi) is 5.03. The second kappa shape index (κ2) is 7.84. The highest BCUT2D eigenvalue weighted by Crippen LogP contribution is 2.31. The summed E-state index contributed by atoms with van der Waals surface area (Å²) in [5.41, 5.74) is 6.03. The number of ether oxygens (including phenoxy) is 1. The van der Waals surface area contributed by atoms with Crippen LogP contribution in [0.3, 0.4) is 0 Å². The topological polar surface area (TPSA) is 84.3 Å². The van der Waals surface area contributed by atoms with Gasteiger partial charge < -0.3 is 14.6 Å². The summed E-state index contributed by atoms with van der Waals surface area (Å²) in [5.74, 6) is 0.503. The predicted molar refractivity (Wildman–Crippen MR) is 118 cm³/mol. The number of hydrogen-bond donors (Lipinski definition) is 2. The quantitative estimate of drug-likeness (QED) is 0.502. The van der Waals surface area contributed by atoms with Crippen molar-refractivity contribution in [3.8, 4) is 0 Å². The molecular formula is C20H19ClN6O2S. The fraction of sp³-hybridized carbons (Fsp3) is 0.250. The van der Waals surface area contributed by atoms with Crippen LogP contribution >= 0.6 is 22.9 Å². The molecule has 0 aliphatic carbocycles. The Bertz CT molecular complexity index is 1250. The van der Waals surface area contributed by atoms with Crippen LogP contribution in [0, 0.1) is 0 Å². The van der Waals surface area contributed by atoms with Gasteiger partial charge in [0.2, 0.25) is 5.95 Å². The van der Waals surface area contributed by atoms with Crippen molar-refractivity contribution >= 4 is 61.2 Å². The van der Waals surface area contributed by atoms with Gasteiger partial charge in [0, 0.05) is 30.7 Å².